The van der Waals surface area contributed by atoms with Crippen LogP contribution in [0.1, 0.15) is 30.3 Å². The van der Waals surface area contributed by atoms with Gasteiger partial charge < -0.3 is 19.4 Å². The summed E-state index contributed by atoms with van der Waals surface area (Å²) in [4.78, 5) is 22.8. The number of likely N-dealkylation sites (tertiary alicyclic amines) is 1. The molecule has 37 heavy (non-hydrogen) atoms. The molecule has 3 aliphatic heterocycles. The second-order valence-corrected chi connectivity index (χ2v) is 11.3. The summed E-state index contributed by atoms with van der Waals surface area (Å²) in [6.45, 7) is 9.03. The molecule has 1 atom stereocenters. The van der Waals surface area contributed by atoms with Crippen molar-refractivity contribution in [2.24, 2.45) is 0 Å². The van der Waals surface area contributed by atoms with Crippen molar-refractivity contribution in [1.82, 2.24) is 24.8 Å². The first kappa shape index (κ1) is 23.5. The number of nitrogens with zero attached hydrogens (tertiary/aromatic N) is 5. The predicted molar refractivity (Wildman–Crippen MR) is 148 cm³/mol. The van der Waals surface area contributed by atoms with E-state index in [1.807, 2.05) is 17.5 Å². The van der Waals surface area contributed by atoms with E-state index in [-0.39, 0.29) is 6.17 Å². The number of benzene rings is 1. The van der Waals surface area contributed by atoms with Crippen molar-refractivity contribution in [3.05, 3.63) is 41.4 Å². The molecule has 0 radical (unpaired) electrons. The lowest BCUT2D eigenvalue weighted by atomic mass is 10.1. The minimum Gasteiger partial charge on any atom is -0.379 e. The van der Waals surface area contributed by atoms with Crippen molar-refractivity contribution in [3.63, 3.8) is 0 Å². The molecule has 3 fully saturated rings. The molecule has 0 aliphatic carbocycles. The van der Waals surface area contributed by atoms with Crippen LogP contribution in [0, 0.1) is 0 Å². The van der Waals surface area contributed by atoms with E-state index in [1.54, 1.807) is 0 Å². The maximum atomic E-state index is 5.72. The van der Waals surface area contributed by atoms with Gasteiger partial charge >= 0.3 is 0 Å². The average molecular weight is 519 g/mol. The molecular formula is C28H34N6O2S. The number of aromatic amines is 1. The molecule has 0 bridgehead atoms. The van der Waals surface area contributed by atoms with E-state index in [1.165, 1.54) is 28.8 Å². The van der Waals surface area contributed by atoms with E-state index in [2.05, 4.69) is 50.0 Å². The van der Waals surface area contributed by atoms with Gasteiger partial charge in [-0.1, -0.05) is 18.6 Å². The number of H-pyrrole nitrogens is 1. The fraction of sp³-hybridized carbons (Fsp3) is 0.500. The molecule has 0 spiro atoms. The Morgan fingerprint density at radius 2 is 1.59 bits per heavy atom. The van der Waals surface area contributed by atoms with E-state index in [4.69, 9.17) is 19.4 Å². The standard InChI is InChI=1S/C28H34N6O2S/c1-2-9-33(10-3-1)28(34-13-17-36-18-14-34)24-19-23-25(37-24)27(32-11-15-35-16-12-32)31-26(30-23)21-5-4-6-22-20(21)7-8-29-22/h4-8,19,28-29H,1-3,9-18H2. The zero-order valence-corrected chi connectivity index (χ0v) is 22.0. The van der Waals surface area contributed by atoms with Crippen LogP contribution >= 0.6 is 11.3 Å². The smallest absolute Gasteiger partial charge is 0.162 e. The Kier molecular flexibility index (Phi) is 6.56. The first-order valence-electron chi connectivity index (χ1n) is 13.6. The Hall–Kier alpha value is -2.56. The van der Waals surface area contributed by atoms with Gasteiger partial charge in [0.25, 0.3) is 0 Å². The minimum atomic E-state index is 0.275. The fourth-order valence-corrected chi connectivity index (χ4v) is 7.31. The van der Waals surface area contributed by atoms with Crippen LogP contribution in [0.4, 0.5) is 5.82 Å². The zero-order chi connectivity index (χ0) is 24.6. The van der Waals surface area contributed by atoms with Gasteiger partial charge in [0, 0.05) is 53.7 Å². The lowest BCUT2D eigenvalue weighted by Crippen LogP contribution is -2.47. The van der Waals surface area contributed by atoms with Crippen LogP contribution < -0.4 is 4.90 Å². The average Bonchev–Trinajstić information content (AvgIpc) is 3.61. The van der Waals surface area contributed by atoms with Gasteiger partial charge in [-0.25, -0.2) is 9.97 Å². The summed E-state index contributed by atoms with van der Waals surface area (Å²) in [5.74, 6) is 1.84. The summed E-state index contributed by atoms with van der Waals surface area (Å²) < 4.78 is 12.6. The minimum absolute atomic E-state index is 0.275. The van der Waals surface area contributed by atoms with Crippen LogP contribution in [0.5, 0.6) is 0 Å². The summed E-state index contributed by atoms with van der Waals surface area (Å²) in [7, 11) is 0. The lowest BCUT2D eigenvalue weighted by Gasteiger charge is -2.42. The Morgan fingerprint density at radius 3 is 2.41 bits per heavy atom. The molecule has 1 aromatic carbocycles. The van der Waals surface area contributed by atoms with Gasteiger partial charge in [-0.2, -0.15) is 0 Å². The van der Waals surface area contributed by atoms with Gasteiger partial charge in [-0.05, 0) is 44.1 Å². The number of hydrogen-bond donors (Lipinski definition) is 1. The molecule has 4 aromatic rings. The summed E-state index contributed by atoms with van der Waals surface area (Å²) >= 11 is 1.88. The van der Waals surface area contributed by atoms with Crippen LogP contribution in [0.15, 0.2) is 36.5 Å². The van der Waals surface area contributed by atoms with Crippen molar-refractivity contribution >= 4 is 38.3 Å². The molecule has 0 saturated carbocycles. The van der Waals surface area contributed by atoms with Gasteiger partial charge in [0.05, 0.1) is 42.8 Å². The SMILES string of the molecule is c1cc(-c2nc(N3CCOCC3)c3sc(C(N4CCCCC4)N4CCOCC4)cc3n2)c2cc[nH]c2c1. The van der Waals surface area contributed by atoms with Gasteiger partial charge in [-0.3, -0.25) is 9.80 Å². The Bertz CT molecular complexity index is 1350. The summed E-state index contributed by atoms with van der Waals surface area (Å²) in [5, 5.41) is 1.16. The van der Waals surface area contributed by atoms with Crippen LogP contribution in [-0.4, -0.2) is 90.4 Å². The highest BCUT2D eigenvalue weighted by molar-refractivity contribution is 7.19. The maximum Gasteiger partial charge on any atom is 0.162 e. The largest absolute Gasteiger partial charge is 0.379 e. The number of ether oxygens (including phenoxy) is 2. The van der Waals surface area contributed by atoms with E-state index in [9.17, 15) is 0 Å². The number of morpholine rings is 2. The second kappa shape index (κ2) is 10.3. The highest BCUT2D eigenvalue weighted by atomic mass is 32.1. The normalized spacial score (nSPS) is 21.1. The highest BCUT2D eigenvalue weighted by Gasteiger charge is 2.32. The van der Waals surface area contributed by atoms with Gasteiger partial charge in [0.2, 0.25) is 0 Å². The van der Waals surface area contributed by atoms with Crippen LogP contribution in [-0.2, 0) is 9.47 Å². The Labute approximate surface area is 221 Å². The molecular weight excluding hydrogens is 484 g/mol. The molecule has 0 amide bonds. The lowest BCUT2D eigenvalue weighted by molar-refractivity contribution is -0.0390. The van der Waals surface area contributed by atoms with Crippen molar-refractivity contribution in [2.45, 2.75) is 25.4 Å². The van der Waals surface area contributed by atoms with Crippen LogP contribution in [0.25, 0.3) is 32.5 Å². The number of thiophene rings is 1. The van der Waals surface area contributed by atoms with E-state index in [0.717, 1.165) is 99.3 Å². The third kappa shape index (κ3) is 4.53. The predicted octanol–water partition coefficient (Wildman–Crippen LogP) is 4.49. The molecule has 194 valence electrons. The van der Waals surface area contributed by atoms with E-state index < -0.39 is 0 Å². The topological polar surface area (TPSA) is 69.8 Å². The first-order valence-corrected chi connectivity index (χ1v) is 14.4. The zero-order valence-electron chi connectivity index (χ0n) is 21.2. The Balaban J connectivity index is 1.37. The monoisotopic (exact) mass is 518 g/mol. The molecule has 9 heteroatoms. The number of hydrogen-bond acceptors (Lipinski definition) is 8. The summed E-state index contributed by atoms with van der Waals surface area (Å²) in [6.07, 6.45) is 6.14. The number of fused-ring (bicyclic) bond motifs is 2. The van der Waals surface area contributed by atoms with Crippen molar-refractivity contribution < 1.29 is 9.47 Å². The molecule has 3 aliphatic rings. The molecule has 1 N–H and O–H groups in total. The van der Waals surface area contributed by atoms with Crippen LogP contribution in [0.2, 0.25) is 0 Å². The van der Waals surface area contributed by atoms with Crippen molar-refractivity contribution in [1.29, 1.82) is 0 Å². The molecule has 3 aromatic heterocycles. The fourth-order valence-electron chi connectivity index (χ4n) is 6.03. The number of nitrogens with one attached hydrogen (secondary N) is 1. The van der Waals surface area contributed by atoms with Crippen molar-refractivity contribution in [2.75, 3.05) is 70.6 Å². The molecule has 8 nitrogen and oxygen atoms in total. The molecule has 1 unspecified atom stereocenters. The molecule has 3 saturated heterocycles. The summed E-state index contributed by atoms with van der Waals surface area (Å²) in [6, 6.07) is 10.8. The Morgan fingerprint density at radius 1 is 0.838 bits per heavy atom. The van der Waals surface area contributed by atoms with E-state index >= 15 is 0 Å². The highest BCUT2D eigenvalue weighted by Crippen LogP contribution is 2.41. The van der Waals surface area contributed by atoms with Crippen LogP contribution in [0.3, 0.4) is 0 Å². The van der Waals surface area contributed by atoms with Gasteiger partial charge in [0.1, 0.15) is 0 Å². The van der Waals surface area contributed by atoms with Crippen molar-refractivity contribution in [3.8, 4) is 11.4 Å². The quantitative estimate of drug-likeness (QED) is 0.417. The molecule has 7 rings (SSSR count). The second-order valence-electron chi connectivity index (χ2n) is 10.2. The number of rotatable bonds is 5. The number of aromatic nitrogens is 3. The third-order valence-corrected chi connectivity index (χ3v) is 9.06. The first-order chi connectivity index (χ1) is 18.3. The van der Waals surface area contributed by atoms with E-state index in [0.29, 0.717) is 0 Å². The number of piperidine rings is 1. The number of anilines is 1. The maximum absolute atomic E-state index is 5.72. The third-order valence-electron chi connectivity index (χ3n) is 7.90. The van der Waals surface area contributed by atoms with Gasteiger partial charge in [0.15, 0.2) is 11.6 Å². The molecule has 6 heterocycles. The summed E-state index contributed by atoms with van der Waals surface area (Å²) in [5.41, 5.74) is 3.23. The van der Waals surface area contributed by atoms with Gasteiger partial charge in [-0.15, -0.1) is 11.3 Å².